The third-order valence-corrected chi connectivity index (χ3v) is 4.41. The molecule has 0 atom stereocenters. The number of hydrogen-bond donors (Lipinski definition) is 0. The molecule has 1 fully saturated rings. The minimum absolute atomic E-state index is 0.794. The molecule has 3 heteroatoms. The van der Waals surface area contributed by atoms with E-state index in [0.29, 0.717) is 0 Å². The first kappa shape index (κ1) is 14.7. The lowest BCUT2D eigenvalue weighted by molar-refractivity contribution is 0.254. The zero-order chi connectivity index (χ0) is 13.7. The van der Waals surface area contributed by atoms with Crippen LogP contribution in [-0.4, -0.2) is 43.5 Å². The van der Waals surface area contributed by atoms with Crippen molar-refractivity contribution >= 4 is 17.3 Å². The highest BCUT2D eigenvalue weighted by atomic mass is 35.5. The maximum Gasteiger partial charge on any atom is 0.0399 e. The zero-order valence-corrected chi connectivity index (χ0v) is 12.9. The fourth-order valence-corrected chi connectivity index (χ4v) is 2.91. The second-order valence-electron chi connectivity index (χ2n) is 5.44. The van der Waals surface area contributed by atoms with Crippen LogP contribution < -0.4 is 4.90 Å². The van der Waals surface area contributed by atoms with E-state index in [1.807, 2.05) is 0 Å². The Morgan fingerprint density at radius 3 is 2.47 bits per heavy atom. The first-order valence-corrected chi connectivity index (χ1v) is 7.85. The molecule has 19 heavy (non-hydrogen) atoms. The SMILES string of the molecule is Cc1cccc(N2CCN(CCCCCl)CC2)c1C. The van der Waals surface area contributed by atoms with Gasteiger partial charge in [-0.05, 0) is 50.4 Å². The van der Waals surface area contributed by atoms with Gasteiger partial charge in [0.25, 0.3) is 0 Å². The minimum Gasteiger partial charge on any atom is -0.369 e. The summed E-state index contributed by atoms with van der Waals surface area (Å²) in [4.78, 5) is 5.09. The van der Waals surface area contributed by atoms with E-state index in [-0.39, 0.29) is 0 Å². The Balaban J connectivity index is 1.87. The fraction of sp³-hybridized carbons (Fsp3) is 0.625. The molecule has 1 saturated heterocycles. The van der Waals surface area contributed by atoms with Gasteiger partial charge in [0.2, 0.25) is 0 Å². The zero-order valence-electron chi connectivity index (χ0n) is 12.2. The molecular formula is C16H25ClN2. The van der Waals surface area contributed by atoms with Crippen LogP contribution in [0.25, 0.3) is 0 Å². The van der Waals surface area contributed by atoms with Crippen LogP contribution in [-0.2, 0) is 0 Å². The molecule has 1 aliphatic heterocycles. The van der Waals surface area contributed by atoms with Gasteiger partial charge in [-0.15, -0.1) is 11.6 Å². The molecule has 0 bridgehead atoms. The second-order valence-corrected chi connectivity index (χ2v) is 5.82. The van der Waals surface area contributed by atoms with Crippen molar-refractivity contribution in [3.63, 3.8) is 0 Å². The van der Waals surface area contributed by atoms with Gasteiger partial charge in [-0.2, -0.15) is 0 Å². The maximum atomic E-state index is 5.73. The lowest BCUT2D eigenvalue weighted by atomic mass is 10.1. The first-order chi connectivity index (χ1) is 9.22. The number of benzene rings is 1. The number of nitrogens with zero attached hydrogens (tertiary/aromatic N) is 2. The minimum atomic E-state index is 0.794. The maximum absolute atomic E-state index is 5.73. The van der Waals surface area contributed by atoms with Crippen LogP contribution in [0.1, 0.15) is 24.0 Å². The van der Waals surface area contributed by atoms with Gasteiger partial charge < -0.3 is 4.90 Å². The van der Waals surface area contributed by atoms with Crippen LogP contribution in [0.15, 0.2) is 18.2 Å². The summed E-state index contributed by atoms with van der Waals surface area (Å²) in [6, 6.07) is 6.62. The number of halogens is 1. The highest BCUT2D eigenvalue weighted by Gasteiger charge is 2.18. The van der Waals surface area contributed by atoms with E-state index in [0.717, 1.165) is 25.4 Å². The summed E-state index contributed by atoms with van der Waals surface area (Å²) in [7, 11) is 0. The average molecular weight is 281 g/mol. The van der Waals surface area contributed by atoms with Crippen LogP contribution in [0.4, 0.5) is 5.69 Å². The molecule has 0 aliphatic carbocycles. The number of hydrogen-bond acceptors (Lipinski definition) is 2. The number of aryl methyl sites for hydroxylation is 1. The number of alkyl halides is 1. The van der Waals surface area contributed by atoms with E-state index in [9.17, 15) is 0 Å². The molecule has 0 aromatic heterocycles. The fourth-order valence-electron chi connectivity index (χ4n) is 2.72. The molecule has 106 valence electrons. The van der Waals surface area contributed by atoms with Crippen molar-refractivity contribution in [1.29, 1.82) is 0 Å². The van der Waals surface area contributed by atoms with Gasteiger partial charge >= 0.3 is 0 Å². The Morgan fingerprint density at radius 2 is 1.79 bits per heavy atom. The lowest BCUT2D eigenvalue weighted by Gasteiger charge is -2.37. The van der Waals surface area contributed by atoms with Crippen LogP contribution in [0.5, 0.6) is 0 Å². The molecule has 0 radical (unpaired) electrons. The predicted molar refractivity (Wildman–Crippen MR) is 84.5 cm³/mol. The first-order valence-electron chi connectivity index (χ1n) is 7.32. The molecular weight excluding hydrogens is 256 g/mol. The number of anilines is 1. The predicted octanol–water partition coefficient (Wildman–Crippen LogP) is 3.44. The van der Waals surface area contributed by atoms with Gasteiger partial charge in [0.15, 0.2) is 0 Å². The number of piperazine rings is 1. The van der Waals surface area contributed by atoms with Crippen molar-refractivity contribution < 1.29 is 0 Å². The van der Waals surface area contributed by atoms with E-state index in [1.165, 1.54) is 42.9 Å². The molecule has 2 nitrogen and oxygen atoms in total. The van der Waals surface area contributed by atoms with E-state index in [4.69, 9.17) is 11.6 Å². The molecule has 0 amide bonds. The molecule has 1 aliphatic rings. The summed E-state index contributed by atoms with van der Waals surface area (Å²) in [5.41, 5.74) is 4.24. The van der Waals surface area contributed by atoms with Crippen molar-refractivity contribution in [3.05, 3.63) is 29.3 Å². The van der Waals surface area contributed by atoms with Crippen LogP contribution >= 0.6 is 11.6 Å². The third-order valence-electron chi connectivity index (χ3n) is 4.15. The van der Waals surface area contributed by atoms with Gasteiger partial charge in [-0.25, -0.2) is 0 Å². The van der Waals surface area contributed by atoms with E-state index in [1.54, 1.807) is 0 Å². The average Bonchev–Trinajstić information content (AvgIpc) is 2.43. The Morgan fingerprint density at radius 1 is 1.05 bits per heavy atom. The molecule has 1 heterocycles. The molecule has 0 unspecified atom stereocenters. The van der Waals surface area contributed by atoms with Crippen LogP contribution in [0.2, 0.25) is 0 Å². The highest BCUT2D eigenvalue weighted by Crippen LogP contribution is 2.23. The summed E-state index contributed by atoms with van der Waals surface area (Å²) in [5.74, 6) is 0.794. The summed E-state index contributed by atoms with van der Waals surface area (Å²) >= 11 is 5.73. The van der Waals surface area contributed by atoms with E-state index < -0.39 is 0 Å². The summed E-state index contributed by atoms with van der Waals surface area (Å²) in [6.45, 7) is 10.3. The molecule has 0 saturated carbocycles. The Kier molecular flexibility index (Phi) is 5.53. The Hall–Kier alpha value is -0.730. The molecule has 1 aromatic rings. The van der Waals surface area contributed by atoms with Gasteiger partial charge in [-0.3, -0.25) is 4.90 Å². The lowest BCUT2D eigenvalue weighted by Crippen LogP contribution is -2.46. The standard InChI is InChI=1S/C16H25ClN2/c1-14-6-5-7-16(15(14)2)19-12-10-18(11-13-19)9-4-3-8-17/h5-7H,3-4,8-13H2,1-2H3. The van der Waals surface area contributed by atoms with Gasteiger partial charge in [0.1, 0.15) is 0 Å². The highest BCUT2D eigenvalue weighted by molar-refractivity contribution is 6.17. The second kappa shape index (κ2) is 7.16. The summed E-state index contributed by atoms with van der Waals surface area (Å²) < 4.78 is 0. The normalized spacial score (nSPS) is 16.9. The summed E-state index contributed by atoms with van der Waals surface area (Å²) in [5, 5.41) is 0. The van der Waals surface area contributed by atoms with Crippen LogP contribution in [0, 0.1) is 13.8 Å². The van der Waals surface area contributed by atoms with Crippen molar-refractivity contribution in [2.24, 2.45) is 0 Å². The van der Waals surface area contributed by atoms with Gasteiger partial charge in [0.05, 0.1) is 0 Å². The monoisotopic (exact) mass is 280 g/mol. The Bertz CT molecular complexity index is 398. The molecule has 1 aromatic carbocycles. The number of unbranched alkanes of at least 4 members (excludes halogenated alkanes) is 1. The topological polar surface area (TPSA) is 6.48 Å². The number of rotatable bonds is 5. The van der Waals surface area contributed by atoms with Gasteiger partial charge in [0, 0.05) is 37.7 Å². The largest absolute Gasteiger partial charge is 0.369 e. The van der Waals surface area contributed by atoms with Crippen LogP contribution in [0.3, 0.4) is 0 Å². The van der Waals surface area contributed by atoms with Crippen molar-refractivity contribution in [2.45, 2.75) is 26.7 Å². The van der Waals surface area contributed by atoms with Crippen molar-refractivity contribution in [2.75, 3.05) is 43.5 Å². The molecule has 0 spiro atoms. The Labute approximate surface area is 122 Å². The smallest absolute Gasteiger partial charge is 0.0399 e. The van der Waals surface area contributed by atoms with Crippen molar-refractivity contribution in [1.82, 2.24) is 4.90 Å². The third kappa shape index (κ3) is 3.87. The van der Waals surface area contributed by atoms with Gasteiger partial charge in [-0.1, -0.05) is 12.1 Å². The van der Waals surface area contributed by atoms with E-state index in [2.05, 4.69) is 41.8 Å². The molecule has 0 N–H and O–H groups in total. The molecule has 2 rings (SSSR count). The summed E-state index contributed by atoms with van der Waals surface area (Å²) in [6.07, 6.45) is 2.37. The quantitative estimate of drug-likeness (QED) is 0.602. The van der Waals surface area contributed by atoms with E-state index >= 15 is 0 Å². The van der Waals surface area contributed by atoms with Crippen molar-refractivity contribution in [3.8, 4) is 0 Å².